The van der Waals surface area contributed by atoms with Crippen LogP contribution < -0.4 is 15.8 Å². The lowest BCUT2D eigenvalue weighted by Gasteiger charge is -2.25. The number of rotatable bonds is 12. The van der Waals surface area contributed by atoms with Crippen LogP contribution in [0.1, 0.15) is 111 Å². The molecule has 0 aromatic heterocycles. The van der Waals surface area contributed by atoms with Crippen LogP contribution in [0.2, 0.25) is 0 Å². The maximum atomic E-state index is 13.3. The van der Waals surface area contributed by atoms with Crippen LogP contribution in [0.3, 0.4) is 0 Å². The van der Waals surface area contributed by atoms with Crippen LogP contribution in [0.4, 0.5) is 5.69 Å². The molecule has 2 amide bonds. The Morgan fingerprint density at radius 2 is 1.69 bits per heavy atom. The molecular weight excluding hydrogens is 440 g/mol. The van der Waals surface area contributed by atoms with Crippen LogP contribution >= 0.6 is 0 Å². The van der Waals surface area contributed by atoms with Gasteiger partial charge in [-0.3, -0.25) is 14.4 Å². The quantitative estimate of drug-likeness (QED) is 0.272. The summed E-state index contributed by atoms with van der Waals surface area (Å²) >= 11 is 0. The highest BCUT2D eigenvalue weighted by Gasteiger charge is 2.24. The third-order valence-electron chi connectivity index (χ3n) is 6.29. The number of hydrogen-bond acceptors (Lipinski definition) is 4. The molecule has 2 aromatic carbocycles. The van der Waals surface area contributed by atoms with Crippen molar-refractivity contribution in [2.45, 2.75) is 84.5 Å². The highest BCUT2D eigenvalue weighted by molar-refractivity contribution is 5.98. The molecule has 0 saturated heterocycles. The Morgan fingerprint density at radius 3 is 2.26 bits per heavy atom. The van der Waals surface area contributed by atoms with Gasteiger partial charge in [0.15, 0.2) is 5.78 Å². The molecule has 1 unspecified atom stereocenters. The van der Waals surface area contributed by atoms with Crippen molar-refractivity contribution in [3.05, 3.63) is 58.7 Å². The van der Waals surface area contributed by atoms with E-state index in [4.69, 9.17) is 10.5 Å². The van der Waals surface area contributed by atoms with Crippen molar-refractivity contribution >= 4 is 23.3 Å². The molecule has 190 valence electrons. The zero-order chi connectivity index (χ0) is 26.2. The number of benzene rings is 2. The minimum Gasteiger partial charge on any atom is -0.496 e. The normalized spacial score (nSPS) is 12.2. The fraction of sp³-hybridized carbons (Fsp3) is 0.483. The molecule has 0 spiro atoms. The number of primary amides is 1. The Hall–Kier alpha value is -3.15. The van der Waals surface area contributed by atoms with E-state index in [2.05, 4.69) is 33.0 Å². The number of carbonyl (C=O) groups is 3. The first-order valence-electron chi connectivity index (χ1n) is 12.5. The molecule has 0 saturated carbocycles. The molecule has 3 N–H and O–H groups in total. The van der Waals surface area contributed by atoms with E-state index < -0.39 is 5.91 Å². The van der Waals surface area contributed by atoms with E-state index >= 15 is 0 Å². The topological polar surface area (TPSA) is 98.5 Å². The zero-order valence-electron chi connectivity index (χ0n) is 22.0. The van der Waals surface area contributed by atoms with Crippen LogP contribution in [0.25, 0.3) is 0 Å². The minimum absolute atomic E-state index is 0.0548. The van der Waals surface area contributed by atoms with E-state index in [-0.39, 0.29) is 29.4 Å². The maximum Gasteiger partial charge on any atom is 0.248 e. The first-order valence-corrected chi connectivity index (χ1v) is 12.5. The molecule has 35 heavy (non-hydrogen) atoms. The summed E-state index contributed by atoms with van der Waals surface area (Å²) in [5.41, 5.74) is 8.67. The first kappa shape index (κ1) is 28.1. The summed E-state index contributed by atoms with van der Waals surface area (Å²) in [7, 11) is 1.59. The Morgan fingerprint density at radius 1 is 1.00 bits per heavy atom. The second-order valence-electron chi connectivity index (χ2n) is 10.1. The number of amides is 2. The van der Waals surface area contributed by atoms with Crippen molar-refractivity contribution < 1.29 is 19.1 Å². The fourth-order valence-electron chi connectivity index (χ4n) is 4.31. The van der Waals surface area contributed by atoms with Crippen LogP contribution in [-0.4, -0.2) is 24.7 Å². The average Bonchev–Trinajstić information content (AvgIpc) is 2.81. The van der Waals surface area contributed by atoms with Gasteiger partial charge in [0.2, 0.25) is 11.8 Å². The fourth-order valence-corrected chi connectivity index (χ4v) is 4.31. The second kappa shape index (κ2) is 12.5. The van der Waals surface area contributed by atoms with Crippen LogP contribution in [0.5, 0.6) is 5.75 Å². The molecule has 0 radical (unpaired) electrons. The summed E-state index contributed by atoms with van der Waals surface area (Å²) in [6.07, 6.45) is 4.64. The lowest BCUT2D eigenvalue weighted by Crippen LogP contribution is -2.22. The molecule has 2 rings (SSSR count). The lowest BCUT2D eigenvalue weighted by atomic mass is 9.84. The van der Waals surface area contributed by atoms with Gasteiger partial charge in [0, 0.05) is 29.7 Å². The average molecular weight is 481 g/mol. The standard InChI is InChI=1S/C29H40N2O4/c1-7-9-10-11-19(22-14-12-20(25(32)8-2)17-26(22)35-6)18-27(33)31-24-16-21(28(30)34)13-15-23(24)29(3,4)5/h12-17,19H,7-11,18H2,1-6H3,(H2,30,34)(H,31,33). The molecular formula is C29H40N2O4. The van der Waals surface area contributed by atoms with Gasteiger partial charge in [-0.15, -0.1) is 0 Å². The molecule has 0 aliphatic carbocycles. The Labute approximate surface area is 209 Å². The van der Waals surface area contributed by atoms with Gasteiger partial charge in [-0.1, -0.05) is 72.1 Å². The van der Waals surface area contributed by atoms with E-state index in [0.29, 0.717) is 29.0 Å². The lowest BCUT2D eigenvalue weighted by molar-refractivity contribution is -0.116. The molecule has 0 heterocycles. The molecule has 6 nitrogen and oxygen atoms in total. The van der Waals surface area contributed by atoms with Gasteiger partial charge in [-0.05, 0) is 47.1 Å². The van der Waals surface area contributed by atoms with Gasteiger partial charge in [-0.2, -0.15) is 0 Å². The highest BCUT2D eigenvalue weighted by atomic mass is 16.5. The number of carbonyl (C=O) groups excluding carboxylic acids is 3. The smallest absolute Gasteiger partial charge is 0.248 e. The predicted octanol–water partition coefficient (Wildman–Crippen LogP) is 6.38. The van der Waals surface area contributed by atoms with Crippen molar-refractivity contribution in [2.24, 2.45) is 5.73 Å². The number of Topliss-reactive ketones (excluding diaryl/α,β-unsaturated/α-hetero) is 1. The van der Waals surface area contributed by atoms with E-state index in [0.717, 1.165) is 36.8 Å². The van der Waals surface area contributed by atoms with E-state index in [1.807, 2.05) is 25.1 Å². The molecule has 2 aromatic rings. The van der Waals surface area contributed by atoms with Gasteiger partial charge >= 0.3 is 0 Å². The number of nitrogens with two attached hydrogens (primary N) is 1. The number of ketones is 1. The van der Waals surface area contributed by atoms with Crippen molar-refractivity contribution in [1.29, 1.82) is 0 Å². The van der Waals surface area contributed by atoms with E-state index in [1.165, 1.54) is 0 Å². The van der Waals surface area contributed by atoms with Gasteiger partial charge in [-0.25, -0.2) is 0 Å². The largest absolute Gasteiger partial charge is 0.496 e. The zero-order valence-corrected chi connectivity index (χ0v) is 22.0. The van der Waals surface area contributed by atoms with Gasteiger partial charge in [0.1, 0.15) is 5.75 Å². The van der Waals surface area contributed by atoms with Gasteiger partial charge < -0.3 is 15.8 Å². The van der Waals surface area contributed by atoms with Crippen LogP contribution in [0.15, 0.2) is 36.4 Å². The number of hydrogen-bond donors (Lipinski definition) is 2. The second-order valence-corrected chi connectivity index (χ2v) is 10.1. The van der Waals surface area contributed by atoms with Gasteiger partial charge in [0.25, 0.3) is 0 Å². The molecule has 0 aliphatic heterocycles. The number of nitrogens with one attached hydrogen (secondary N) is 1. The number of anilines is 1. The summed E-state index contributed by atoms with van der Waals surface area (Å²) in [5, 5.41) is 3.04. The summed E-state index contributed by atoms with van der Waals surface area (Å²) in [6, 6.07) is 10.7. The third-order valence-corrected chi connectivity index (χ3v) is 6.29. The Balaban J connectivity index is 2.37. The van der Waals surface area contributed by atoms with Crippen LogP contribution in [0, 0.1) is 0 Å². The number of ether oxygens (including phenoxy) is 1. The van der Waals surface area contributed by atoms with Crippen molar-refractivity contribution in [3.63, 3.8) is 0 Å². The summed E-state index contributed by atoms with van der Waals surface area (Å²) in [5.74, 6) is -0.0669. The number of methoxy groups -OCH3 is 1. The molecule has 0 bridgehead atoms. The Kier molecular flexibility index (Phi) is 10.1. The maximum absolute atomic E-state index is 13.3. The molecule has 1 atom stereocenters. The first-order chi connectivity index (χ1) is 16.5. The SMILES string of the molecule is CCCCCC(CC(=O)Nc1cc(C(N)=O)ccc1C(C)(C)C)c1ccc(C(=O)CC)cc1OC. The van der Waals surface area contributed by atoms with Gasteiger partial charge in [0.05, 0.1) is 7.11 Å². The van der Waals surface area contributed by atoms with Crippen molar-refractivity contribution in [2.75, 3.05) is 12.4 Å². The van der Waals surface area contributed by atoms with Crippen molar-refractivity contribution in [1.82, 2.24) is 0 Å². The third kappa shape index (κ3) is 7.67. The monoisotopic (exact) mass is 480 g/mol. The molecule has 0 fully saturated rings. The predicted molar refractivity (Wildman–Crippen MR) is 141 cm³/mol. The highest BCUT2D eigenvalue weighted by Crippen LogP contribution is 2.35. The van der Waals surface area contributed by atoms with E-state index in [1.54, 1.807) is 25.3 Å². The summed E-state index contributed by atoms with van der Waals surface area (Å²) < 4.78 is 5.64. The molecule has 6 heteroatoms. The molecule has 0 aliphatic rings. The summed E-state index contributed by atoms with van der Waals surface area (Å²) in [4.78, 5) is 37.2. The summed E-state index contributed by atoms with van der Waals surface area (Å²) in [6.45, 7) is 10.1. The minimum atomic E-state index is -0.537. The Bertz CT molecular complexity index is 1050. The number of unbranched alkanes of at least 4 members (excludes halogenated alkanes) is 2. The van der Waals surface area contributed by atoms with Crippen LogP contribution in [-0.2, 0) is 10.2 Å². The van der Waals surface area contributed by atoms with E-state index in [9.17, 15) is 14.4 Å². The van der Waals surface area contributed by atoms with Crippen molar-refractivity contribution in [3.8, 4) is 5.75 Å².